The first-order valence-electron chi connectivity index (χ1n) is 7.35. The highest BCUT2D eigenvalue weighted by atomic mass is 16.5. The number of benzene rings is 1. The number of nitrogens with one attached hydrogen (secondary N) is 1. The number of methoxy groups -OCH3 is 1. The summed E-state index contributed by atoms with van der Waals surface area (Å²) in [6.45, 7) is 4.22. The number of amides is 1. The van der Waals surface area contributed by atoms with Crippen molar-refractivity contribution in [3.63, 3.8) is 0 Å². The molecule has 118 valence electrons. The Labute approximate surface area is 126 Å². The molecule has 0 heterocycles. The van der Waals surface area contributed by atoms with Crippen LogP contribution in [-0.4, -0.2) is 32.3 Å². The van der Waals surface area contributed by atoms with Crippen molar-refractivity contribution < 1.29 is 14.3 Å². The highest BCUT2D eigenvalue weighted by molar-refractivity contribution is 5.76. The van der Waals surface area contributed by atoms with Gasteiger partial charge in [-0.2, -0.15) is 0 Å². The topological polar surface area (TPSA) is 73.6 Å². The van der Waals surface area contributed by atoms with Crippen LogP contribution in [0.4, 0.5) is 0 Å². The molecule has 0 saturated carbocycles. The zero-order valence-electron chi connectivity index (χ0n) is 12.9. The van der Waals surface area contributed by atoms with Gasteiger partial charge in [0.2, 0.25) is 5.91 Å². The van der Waals surface area contributed by atoms with Gasteiger partial charge in [0.15, 0.2) is 0 Å². The van der Waals surface area contributed by atoms with Crippen LogP contribution in [0.15, 0.2) is 24.3 Å². The smallest absolute Gasteiger partial charge is 0.222 e. The molecule has 0 aromatic heterocycles. The summed E-state index contributed by atoms with van der Waals surface area (Å²) < 4.78 is 10.7. The SMILES string of the molecule is CCCOCc1ccccc1CNC(=O)CC(CN)OC. The second kappa shape index (κ2) is 10.3. The van der Waals surface area contributed by atoms with Crippen molar-refractivity contribution in [3.8, 4) is 0 Å². The van der Waals surface area contributed by atoms with E-state index in [-0.39, 0.29) is 18.4 Å². The van der Waals surface area contributed by atoms with Crippen LogP contribution in [0.3, 0.4) is 0 Å². The number of rotatable bonds is 10. The average molecular weight is 294 g/mol. The molecule has 3 N–H and O–H groups in total. The molecule has 21 heavy (non-hydrogen) atoms. The summed E-state index contributed by atoms with van der Waals surface area (Å²) in [5.41, 5.74) is 7.69. The lowest BCUT2D eigenvalue weighted by molar-refractivity contribution is -0.123. The predicted molar refractivity (Wildman–Crippen MR) is 82.7 cm³/mol. The fourth-order valence-corrected chi connectivity index (χ4v) is 1.93. The van der Waals surface area contributed by atoms with Gasteiger partial charge < -0.3 is 20.5 Å². The Morgan fingerprint density at radius 3 is 2.67 bits per heavy atom. The molecule has 0 radical (unpaired) electrons. The second-order valence-corrected chi connectivity index (χ2v) is 4.90. The van der Waals surface area contributed by atoms with Gasteiger partial charge in [-0.25, -0.2) is 0 Å². The zero-order valence-corrected chi connectivity index (χ0v) is 12.9. The summed E-state index contributed by atoms with van der Waals surface area (Å²) in [6, 6.07) is 7.96. The summed E-state index contributed by atoms with van der Waals surface area (Å²) >= 11 is 0. The molecule has 0 aliphatic rings. The van der Waals surface area contributed by atoms with Gasteiger partial charge in [0.25, 0.3) is 0 Å². The molecule has 5 nitrogen and oxygen atoms in total. The van der Waals surface area contributed by atoms with Crippen molar-refractivity contribution in [2.45, 2.75) is 39.0 Å². The summed E-state index contributed by atoms with van der Waals surface area (Å²) in [5, 5.41) is 2.90. The molecule has 1 aromatic carbocycles. The van der Waals surface area contributed by atoms with Gasteiger partial charge in [-0.3, -0.25) is 4.79 Å². The Hall–Kier alpha value is -1.43. The Bertz CT molecular complexity index is 420. The van der Waals surface area contributed by atoms with E-state index in [1.165, 1.54) is 0 Å². The largest absolute Gasteiger partial charge is 0.380 e. The Morgan fingerprint density at radius 2 is 2.05 bits per heavy atom. The average Bonchev–Trinajstić information content (AvgIpc) is 2.52. The van der Waals surface area contributed by atoms with E-state index in [9.17, 15) is 4.79 Å². The van der Waals surface area contributed by atoms with Crippen molar-refractivity contribution in [2.24, 2.45) is 5.73 Å². The fraction of sp³-hybridized carbons (Fsp3) is 0.562. The number of hydrogen-bond acceptors (Lipinski definition) is 4. The minimum atomic E-state index is -0.229. The van der Waals surface area contributed by atoms with Crippen LogP contribution in [0.1, 0.15) is 30.9 Å². The number of carbonyl (C=O) groups excluding carboxylic acids is 1. The molecule has 0 aliphatic heterocycles. The van der Waals surface area contributed by atoms with Crippen LogP contribution in [-0.2, 0) is 27.4 Å². The summed E-state index contributed by atoms with van der Waals surface area (Å²) in [4.78, 5) is 11.8. The molecule has 1 atom stereocenters. The molecule has 0 saturated heterocycles. The maximum atomic E-state index is 11.8. The minimum absolute atomic E-state index is 0.0587. The van der Waals surface area contributed by atoms with Gasteiger partial charge in [-0.05, 0) is 17.5 Å². The molecule has 0 bridgehead atoms. The molecule has 0 spiro atoms. The number of carbonyl (C=O) groups is 1. The number of hydrogen-bond donors (Lipinski definition) is 2. The Balaban J connectivity index is 2.48. The first kappa shape index (κ1) is 17.6. The van der Waals surface area contributed by atoms with E-state index < -0.39 is 0 Å². The highest BCUT2D eigenvalue weighted by Gasteiger charge is 2.11. The van der Waals surface area contributed by atoms with Crippen LogP contribution >= 0.6 is 0 Å². The minimum Gasteiger partial charge on any atom is -0.380 e. The molecule has 0 fully saturated rings. The van der Waals surface area contributed by atoms with Gasteiger partial charge in [0, 0.05) is 26.8 Å². The van der Waals surface area contributed by atoms with E-state index in [1.807, 2.05) is 24.3 Å². The lowest BCUT2D eigenvalue weighted by Crippen LogP contribution is -2.32. The summed E-state index contributed by atoms with van der Waals surface area (Å²) in [5.74, 6) is -0.0587. The van der Waals surface area contributed by atoms with Crippen molar-refractivity contribution in [1.82, 2.24) is 5.32 Å². The van der Waals surface area contributed by atoms with Crippen LogP contribution in [0.2, 0.25) is 0 Å². The van der Waals surface area contributed by atoms with E-state index >= 15 is 0 Å². The van der Waals surface area contributed by atoms with Gasteiger partial charge in [0.1, 0.15) is 0 Å². The van der Waals surface area contributed by atoms with Gasteiger partial charge in [-0.1, -0.05) is 31.2 Å². The first-order chi connectivity index (χ1) is 10.2. The monoisotopic (exact) mass is 294 g/mol. The molecule has 1 rings (SSSR count). The molecule has 5 heteroatoms. The van der Waals surface area contributed by atoms with Gasteiger partial charge in [0.05, 0.1) is 19.1 Å². The van der Waals surface area contributed by atoms with Crippen LogP contribution in [0, 0.1) is 0 Å². The van der Waals surface area contributed by atoms with E-state index in [4.69, 9.17) is 15.2 Å². The summed E-state index contributed by atoms with van der Waals surface area (Å²) in [7, 11) is 1.56. The fourth-order valence-electron chi connectivity index (χ4n) is 1.93. The first-order valence-corrected chi connectivity index (χ1v) is 7.35. The maximum Gasteiger partial charge on any atom is 0.222 e. The standard InChI is InChI=1S/C16H26N2O3/c1-3-8-21-12-14-7-5-4-6-13(14)11-18-16(19)9-15(10-17)20-2/h4-7,15H,3,8-12,17H2,1-2H3,(H,18,19). The van der Waals surface area contributed by atoms with Gasteiger partial charge in [-0.15, -0.1) is 0 Å². The van der Waals surface area contributed by atoms with Crippen LogP contribution in [0.25, 0.3) is 0 Å². The lowest BCUT2D eigenvalue weighted by Gasteiger charge is -2.14. The number of ether oxygens (including phenoxy) is 2. The third kappa shape index (κ3) is 6.71. The molecular weight excluding hydrogens is 268 g/mol. The van der Waals surface area contributed by atoms with Crippen molar-refractivity contribution in [3.05, 3.63) is 35.4 Å². The maximum absolute atomic E-state index is 11.8. The Kier molecular flexibility index (Phi) is 8.66. The lowest BCUT2D eigenvalue weighted by atomic mass is 10.1. The van der Waals surface area contributed by atoms with Gasteiger partial charge >= 0.3 is 0 Å². The highest BCUT2D eigenvalue weighted by Crippen LogP contribution is 2.10. The third-order valence-corrected chi connectivity index (χ3v) is 3.21. The molecule has 0 aliphatic carbocycles. The molecule has 1 amide bonds. The Morgan fingerprint density at radius 1 is 1.33 bits per heavy atom. The predicted octanol–water partition coefficient (Wildman–Crippen LogP) is 1.59. The quantitative estimate of drug-likeness (QED) is 0.643. The van der Waals surface area contributed by atoms with E-state index in [1.54, 1.807) is 7.11 Å². The second-order valence-electron chi connectivity index (χ2n) is 4.90. The molecular formula is C16H26N2O3. The van der Waals surface area contributed by atoms with E-state index in [0.717, 1.165) is 24.2 Å². The third-order valence-electron chi connectivity index (χ3n) is 3.21. The summed E-state index contributed by atoms with van der Waals surface area (Å²) in [6.07, 6.45) is 1.05. The normalized spacial score (nSPS) is 12.1. The van der Waals surface area contributed by atoms with E-state index in [0.29, 0.717) is 19.7 Å². The zero-order chi connectivity index (χ0) is 15.5. The van der Waals surface area contributed by atoms with Crippen molar-refractivity contribution in [1.29, 1.82) is 0 Å². The van der Waals surface area contributed by atoms with Crippen molar-refractivity contribution in [2.75, 3.05) is 20.3 Å². The molecule has 1 unspecified atom stereocenters. The van der Waals surface area contributed by atoms with Crippen LogP contribution in [0.5, 0.6) is 0 Å². The van der Waals surface area contributed by atoms with Crippen LogP contribution < -0.4 is 11.1 Å². The van der Waals surface area contributed by atoms with Crippen molar-refractivity contribution >= 4 is 5.91 Å². The molecule has 1 aromatic rings. The van der Waals surface area contributed by atoms with E-state index in [2.05, 4.69) is 12.2 Å². The number of nitrogens with two attached hydrogens (primary N) is 1.